The first-order chi connectivity index (χ1) is 11.6. The van der Waals surface area contributed by atoms with Gasteiger partial charge in [0.25, 0.3) is 11.8 Å². The third-order valence-corrected chi connectivity index (χ3v) is 6.24. The molecule has 4 nitrogen and oxygen atoms in total. The van der Waals surface area contributed by atoms with Gasteiger partial charge >= 0.3 is 0 Å². The van der Waals surface area contributed by atoms with E-state index in [-0.39, 0.29) is 17.9 Å². The Balaban J connectivity index is 1.60. The van der Waals surface area contributed by atoms with Gasteiger partial charge in [0.1, 0.15) is 0 Å². The number of imide groups is 1. The second-order valence-electron chi connectivity index (χ2n) is 7.37. The number of amides is 2. The average Bonchev–Trinajstić information content (AvgIpc) is 2.81. The van der Waals surface area contributed by atoms with Crippen molar-refractivity contribution in [2.45, 2.75) is 43.8 Å². The maximum atomic E-state index is 13.1. The second kappa shape index (κ2) is 4.90. The van der Waals surface area contributed by atoms with Gasteiger partial charge in [-0.15, -0.1) is 0 Å². The van der Waals surface area contributed by atoms with Crippen LogP contribution in [0.2, 0.25) is 0 Å². The molecule has 2 amide bonds. The molecule has 2 saturated heterocycles. The standard InChI is InChI=1S/C20H20N2O2/c1-21-13-8-9-14(21)11-15(10-13)22-19(23)16-6-2-4-12-5-3-7-17(18(12)16)20(22)24/h2-7,13-15H,8-11H2,1H3/t13-,14+,15+. The minimum absolute atomic E-state index is 0.0299. The zero-order valence-corrected chi connectivity index (χ0v) is 13.7. The Morgan fingerprint density at radius 3 is 1.92 bits per heavy atom. The van der Waals surface area contributed by atoms with Crippen LogP contribution in [0.4, 0.5) is 0 Å². The summed E-state index contributed by atoms with van der Waals surface area (Å²) in [6.45, 7) is 0. The lowest BCUT2D eigenvalue weighted by Crippen LogP contribution is -2.54. The van der Waals surface area contributed by atoms with E-state index in [1.807, 2.05) is 36.4 Å². The first-order valence-corrected chi connectivity index (χ1v) is 8.76. The molecule has 2 fully saturated rings. The van der Waals surface area contributed by atoms with Gasteiger partial charge in [-0.1, -0.05) is 24.3 Å². The molecule has 0 spiro atoms. The number of nitrogens with zero attached hydrogens (tertiary/aromatic N) is 2. The van der Waals surface area contributed by atoms with E-state index < -0.39 is 0 Å². The molecule has 5 rings (SSSR count). The van der Waals surface area contributed by atoms with Crippen LogP contribution in [0.5, 0.6) is 0 Å². The Kier molecular flexibility index (Phi) is 2.89. The van der Waals surface area contributed by atoms with Gasteiger partial charge in [0.2, 0.25) is 0 Å². The molecule has 3 aliphatic heterocycles. The molecule has 0 unspecified atom stereocenters. The summed E-state index contributed by atoms with van der Waals surface area (Å²) in [7, 11) is 2.18. The van der Waals surface area contributed by atoms with Gasteiger partial charge in [0.05, 0.1) is 0 Å². The maximum absolute atomic E-state index is 13.1. The molecule has 0 aromatic heterocycles. The molecule has 2 aromatic carbocycles. The number of carbonyl (C=O) groups excluding carboxylic acids is 2. The van der Waals surface area contributed by atoms with Crippen molar-refractivity contribution in [3.8, 4) is 0 Å². The normalized spacial score (nSPS) is 29.5. The lowest BCUT2D eigenvalue weighted by molar-refractivity contribution is 0.0397. The topological polar surface area (TPSA) is 40.6 Å². The highest BCUT2D eigenvalue weighted by Gasteiger charge is 2.45. The summed E-state index contributed by atoms with van der Waals surface area (Å²) in [6, 6.07) is 12.5. The molecular formula is C20H20N2O2. The molecule has 122 valence electrons. The molecule has 3 atom stereocenters. The quantitative estimate of drug-likeness (QED) is 0.758. The smallest absolute Gasteiger partial charge is 0.261 e. The van der Waals surface area contributed by atoms with Gasteiger partial charge < -0.3 is 4.90 Å². The molecule has 2 aromatic rings. The monoisotopic (exact) mass is 320 g/mol. The maximum Gasteiger partial charge on any atom is 0.261 e. The van der Waals surface area contributed by atoms with Crippen LogP contribution in [0.1, 0.15) is 46.4 Å². The van der Waals surface area contributed by atoms with E-state index in [2.05, 4.69) is 11.9 Å². The van der Waals surface area contributed by atoms with Gasteiger partial charge in [-0.25, -0.2) is 0 Å². The number of rotatable bonds is 1. The van der Waals surface area contributed by atoms with Crippen LogP contribution in [0.15, 0.2) is 36.4 Å². The molecule has 0 N–H and O–H groups in total. The van der Waals surface area contributed by atoms with E-state index in [9.17, 15) is 9.59 Å². The number of piperidine rings is 1. The van der Waals surface area contributed by atoms with Crippen molar-refractivity contribution < 1.29 is 9.59 Å². The number of benzene rings is 2. The van der Waals surface area contributed by atoms with Crippen molar-refractivity contribution in [2.24, 2.45) is 0 Å². The summed E-state index contributed by atoms with van der Waals surface area (Å²) < 4.78 is 0. The molecule has 24 heavy (non-hydrogen) atoms. The van der Waals surface area contributed by atoms with Crippen molar-refractivity contribution in [1.29, 1.82) is 0 Å². The summed E-state index contributed by atoms with van der Waals surface area (Å²) in [5.41, 5.74) is 1.35. The first-order valence-electron chi connectivity index (χ1n) is 8.76. The summed E-state index contributed by atoms with van der Waals surface area (Å²) in [6.07, 6.45) is 4.17. The Labute approximate surface area is 141 Å². The highest BCUT2D eigenvalue weighted by Crippen LogP contribution is 2.39. The van der Waals surface area contributed by atoms with E-state index >= 15 is 0 Å². The average molecular weight is 320 g/mol. The summed E-state index contributed by atoms with van der Waals surface area (Å²) in [5, 5.41) is 1.79. The van der Waals surface area contributed by atoms with Crippen LogP contribution in [-0.2, 0) is 0 Å². The van der Waals surface area contributed by atoms with Crippen molar-refractivity contribution >= 4 is 22.6 Å². The molecule has 4 heteroatoms. The summed E-state index contributed by atoms with van der Waals surface area (Å²) >= 11 is 0. The lowest BCUT2D eigenvalue weighted by Gasteiger charge is -2.42. The number of hydrogen-bond acceptors (Lipinski definition) is 3. The van der Waals surface area contributed by atoms with Crippen LogP contribution in [-0.4, -0.2) is 46.8 Å². The van der Waals surface area contributed by atoms with Gasteiger partial charge in [0.15, 0.2) is 0 Å². The molecule has 2 bridgehead atoms. The highest BCUT2D eigenvalue weighted by atomic mass is 16.2. The Morgan fingerprint density at radius 2 is 1.38 bits per heavy atom. The highest BCUT2D eigenvalue weighted by molar-refractivity contribution is 6.25. The minimum atomic E-state index is -0.113. The molecule has 3 aliphatic rings. The lowest BCUT2D eigenvalue weighted by atomic mass is 9.90. The predicted molar refractivity (Wildman–Crippen MR) is 92.0 cm³/mol. The third kappa shape index (κ3) is 1.77. The van der Waals surface area contributed by atoms with Crippen LogP contribution < -0.4 is 0 Å². The van der Waals surface area contributed by atoms with Crippen molar-refractivity contribution in [3.05, 3.63) is 47.5 Å². The fourth-order valence-electron chi connectivity index (χ4n) is 4.97. The van der Waals surface area contributed by atoms with Crippen LogP contribution in [0.25, 0.3) is 10.8 Å². The van der Waals surface area contributed by atoms with Gasteiger partial charge in [-0.05, 0) is 50.2 Å². The largest absolute Gasteiger partial charge is 0.300 e. The second-order valence-corrected chi connectivity index (χ2v) is 7.37. The summed E-state index contributed by atoms with van der Waals surface area (Å²) in [5.74, 6) is -0.225. The summed E-state index contributed by atoms with van der Waals surface area (Å²) in [4.78, 5) is 30.2. The van der Waals surface area contributed by atoms with Gasteiger partial charge in [-0.2, -0.15) is 0 Å². The first kappa shape index (κ1) is 14.2. The van der Waals surface area contributed by atoms with Gasteiger partial charge in [-0.3, -0.25) is 14.5 Å². The SMILES string of the molecule is CN1[C@@H]2CC[C@H]1C[C@@H](N1C(=O)c3cccc4cccc(c34)C1=O)C2. The molecule has 0 radical (unpaired) electrons. The minimum Gasteiger partial charge on any atom is -0.300 e. The van der Waals surface area contributed by atoms with Gasteiger partial charge in [0, 0.05) is 34.6 Å². The van der Waals surface area contributed by atoms with E-state index in [1.165, 1.54) is 12.8 Å². The molecule has 0 saturated carbocycles. The van der Waals surface area contributed by atoms with Crippen molar-refractivity contribution in [3.63, 3.8) is 0 Å². The predicted octanol–water partition coefficient (Wildman–Crippen LogP) is 3.06. The molecule has 3 heterocycles. The van der Waals surface area contributed by atoms with E-state index in [0.717, 1.165) is 23.6 Å². The number of carbonyl (C=O) groups is 2. The number of hydrogen-bond donors (Lipinski definition) is 0. The van der Waals surface area contributed by atoms with Crippen LogP contribution >= 0.6 is 0 Å². The Hall–Kier alpha value is -2.20. The molecule has 0 aliphatic carbocycles. The van der Waals surface area contributed by atoms with Crippen molar-refractivity contribution in [1.82, 2.24) is 9.80 Å². The van der Waals surface area contributed by atoms with E-state index in [4.69, 9.17) is 0 Å². The Bertz CT molecular complexity index is 810. The molecular weight excluding hydrogens is 300 g/mol. The fraction of sp³-hybridized carbons (Fsp3) is 0.400. The van der Waals surface area contributed by atoms with Crippen molar-refractivity contribution in [2.75, 3.05) is 7.05 Å². The zero-order valence-electron chi connectivity index (χ0n) is 13.7. The number of fused-ring (bicyclic) bond motifs is 2. The van der Waals surface area contributed by atoms with Crippen LogP contribution in [0, 0.1) is 0 Å². The van der Waals surface area contributed by atoms with E-state index in [0.29, 0.717) is 23.2 Å². The third-order valence-electron chi connectivity index (χ3n) is 6.24. The fourth-order valence-corrected chi connectivity index (χ4v) is 4.97. The van der Waals surface area contributed by atoms with Crippen LogP contribution in [0.3, 0.4) is 0 Å². The zero-order chi connectivity index (χ0) is 16.4. The Morgan fingerprint density at radius 1 is 0.833 bits per heavy atom. The van der Waals surface area contributed by atoms with E-state index in [1.54, 1.807) is 4.90 Å².